The monoisotopic (exact) mass is 322 g/mol. The highest BCUT2D eigenvalue weighted by Gasteiger charge is 2.39. The maximum atomic E-state index is 2.52. The van der Waals surface area contributed by atoms with E-state index in [-0.39, 0.29) is 5.41 Å². The van der Waals surface area contributed by atoms with Crippen molar-refractivity contribution < 1.29 is 0 Å². The Morgan fingerprint density at radius 1 is 0.840 bits per heavy atom. The molecule has 3 aromatic carbocycles. The Balaban J connectivity index is 1.68. The molecule has 0 N–H and O–H groups in total. The Morgan fingerprint density at radius 3 is 2.52 bits per heavy atom. The molecule has 0 spiro atoms. The Bertz CT molecular complexity index is 1040. The van der Waals surface area contributed by atoms with Crippen LogP contribution >= 0.6 is 0 Å². The summed E-state index contributed by atoms with van der Waals surface area (Å²) in [5, 5.41) is 2.72. The van der Waals surface area contributed by atoms with Crippen molar-refractivity contribution in [3.05, 3.63) is 101 Å². The Morgan fingerprint density at radius 2 is 1.60 bits per heavy atom. The molecule has 0 heteroatoms. The first-order valence-corrected chi connectivity index (χ1v) is 9.16. The molecule has 1 unspecified atom stereocenters. The van der Waals surface area contributed by atoms with E-state index in [9.17, 15) is 0 Å². The summed E-state index contributed by atoms with van der Waals surface area (Å²) >= 11 is 0. The summed E-state index contributed by atoms with van der Waals surface area (Å²) in [4.78, 5) is 0. The third-order valence-electron chi connectivity index (χ3n) is 6.02. The van der Waals surface area contributed by atoms with Gasteiger partial charge in [-0.25, -0.2) is 0 Å². The number of hydrogen-bond donors (Lipinski definition) is 0. The number of allylic oxidation sites excluding steroid dienone is 4. The summed E-state index contributed by atoms with van der Waals surface area (Å²) in [5.41, 5.74) is 7.40. The minimum Gasteiger partial charge on any atom is -0.0789 e. The average Bonchev–Trinajstić information content (AvgIpc) is 2.89. The van der Waals surface area contributed by atoms with Crippen LogP contribution in [0, 0.1) is 0 Å². The first-order chi connectivity index (χ1) is 12.2. The standard InChI is InChI=1S/C25H22/c1-25(2)23-13-6-5-11-21(23)22-16-18(14-15-24(22)25)20-12-7-9-17-8-3-4-10-19(17)20/h3-13,15-16,18H,14H2,1-2H3. The smallest absolute Gasteiger partial charge is 0.0155 e. The van der Waals surface area contributed by atoms with Gasteiger partial charge in [-0.05, 0) is 45.0 Å². The van der Waals surface area contributed by atoms with Gasteiger partial charge in [0.15, 0.2) is 0 Å². The molecule has 0 aromatic heterocycles. The largest absolute Gasteiger partial charge is 0.0789 e. The zero-order chi connectivity index (χ0) is 17.0. The molecule has 2 aliphatic carbocycles. The van der Waals surface area contributed by atoms with Crippen LogP contribution in [0.15, 0.2) is 84.5 Å². The van der Waals surface area contributed by atoms with Crippen molar-refractivity contribution >= 4 is 16.3 Å². The number of hydrogen-bond acceptors (Lipinski definition) is 0. The summed E-state index contributed by atoms with van der Waals surface area (Å²) in [6.07, 6.45) is 6.09. The molecule has 122 valence electrons. The van der Waals surface area contributed by atoms with Gasteiger partial charge >= 0.3 is 0 Å². The predicted octanol–water partition coefficient (Wildman–Crippen LogP) is 6.63. The van der Waals surface area contributed by atoms with E-state index >= 15 is 0 Å². The van der Waals surface area contributed by atoms with Crippen molar-refractivity contribution in [2.75, 3.05) is 0 Å². The molecule has 0 aliphatic heterocycles. The van der Waals surface area contributed by atoms with Gasteiger partial charge in [-0.1, -0.05) is 92.7 Å². The molecule has 0 bridgehead atoms. The van der Waals surface area contributed by atoms with Gasteiger partial charge in [0.1, 0.15) is 0 Å². The quantitative estimate of drug-likeness (QED) is 0.472. The highest BCUT2D eigenvalue weighted by atomic mass is 14.4. The van der Waals surface area contributed by atoms with Crippen LogP contribution < -0.4 is 0 Å². The van der Waals surface area contributed by atoms with Crippen molar-refractivity contribution in [1.29, 1.82) is 0 Å². The Labute approximate surface area is 149 Å². The van der Waals surface area contributed by atoms with Crippen LogP contribution in [0.25, 0.3) is 16.3 Å². The van der Waals surface area contributed by atoms with Gasteiger partial charge in [0.2, 0.25) is 0 Å². The van der Waals surface area contributed by atoms with Crippen LogP contribution in [0.2, 0.25) is 0 Å². The fraction of sp³-hybridized carbons (Fsp3) is 0.200. The van der Waals surface area contributed by atoms with Crippen LogP contribution in [0.4, 0.5) is 0 Å². The van der Waals surface area contributed by atoms with Gasteiger partial charge in [0.25, 0.3) is 0 Å². The number of benzene rings is 3. The summed E-state index contributed by atoms with van der Waals surface area (Å²) in [6.45, 7) is 4.72. The third kappa shape index (κ3) is 2.07. The third-order valence-corrected chi connectivity index (χ3v) is 6.02. The van der Waals surface area contributed by atoms with Gasteiger partial charge in [0.05, 0.1) is 0 Å². The minimum atomic E-state index is 0.117. The molecule has 0 amide bonds. The lowest BCUT2D eigenvalue weighted by Gasteiger charge is -2.26. The van der Waals surface area contributed by atoms with Gasteiger partial charge in [-0.2, -0.15) is 0 Å². The summed E-state index contributed by atoms with van der Waals surface area (Å²) in [6, 6.07) is 24.4. The van der Waals surface area contributed by atoms with Crippen LogP contribution in [-0.4, -0.2) is 0 Å². The first kappa shape index (κ1) is 14.7. The van der Waals surface area contributed by atoms with Crippen LogP contribution in [0.5, 0.6) is 0 Å². The molecule has 1 atom stereocenters. The van der Waals surface area contributed by atoms with Gasteiger partial charge in [-0.15, -0.1) is 0 Å². The van der Waals surface area contributed by atoms with Crippen LogP contribution in [0.3, 0.4) is 0 Å². The van der Waals surface area contributed by atoms with E-state index in [1.54, 1.807) is 0 Å². The normalized spacial score (nSPS) is 20.6. The summed E-state index contributed by atoms with van der Waals surface area (Å²) in [7, 11) is 0. The van der Waals surface area contributed by atoms with E-state index in [2.05, 4.69) is 92.7 Å². The molecule has 0 fully saturated rings. The Kier molecular flexibility index (Phi) is 3.06. The minimum absolute atomic E-state index is 0.117. The SMILES string of the molecule is CC1(C)C2=CCC(c3cccc4ccccc34)C=C2c2ccccc21. The average molecular weight is 322 g/mol. The van der Waals surface area contributed by atoms with Crippen molar-refractivity contribution in [2.45, 2.75) is 31.6 Å². The molecular weight excluding hydrogens is 300 g/mol. The molecule has 5 rings (SSSR count). The molecule has 3 aromatic rings. The van der Waals surface area contributed by atoms with E-state index < -0.39 is 0 Å². The fourth-order valence-electron chi connectivity index (χ4n) is 4.74. The second kappa shape index (κ2) is 5.20. The van der Waals surface area contributed by atoms with E-state index in [0.717, 1.165) is 6.42 Å². The molecule has 2 aliphatic rings. The maximum Gasteiger partial charge on any atom is 0.0155 e. The molecule has 0 heterocycles. The highest BCUT2D eigenvalue weighted by molar-refractivity contribution is 5.92. The fourth-order valence-corrected chi connectivity index (χ4v) is 4.74. The molecule has 0 radical (unpaired) electrons. The lowest BCUT2D eigenvalue weighted by atomic mass is 9.77. The van der Waals surface area contributed by atoms with Crippen molar-refractivity contribution in [1.82, 2.24) is 0 Å². The van der Waals surface area contributed by atoms with Gasteiger partial charge in [-0.3, -0.25) is 0 Å². The second-order valence-electron chi connectivity index (χ2n) is 7.78. The van der Waals surface area contributed by atoms with Crippen molar-refractivity contribution in [3.8, 4) is 0 Å². The maximum absolute atomic E-state index is 2.52. The van der Waals surface area contributed by atoms with E-state index in [1.807, 2.05) is 0 Å². The van der Waals surface area contributed by atoms with Gasteiger partial charge in [0, 0.05) is 11.3 Å². The second-order valence-corrected chi connectivity index (χ2v) is 7.78. The van der Waals surface area contributed by atoms with E-state index in [1.165, 1.54) is 38.6 Å². The van der Waals surface area contributed by atoms with Crippen molar-refractivity contribution in [2.24, 2.45) is 0 Å². The molecule has 0 saturated carbocycles. The van der Waals surface area contributed by atoms with Gasteiger partial charge < -0.3 is 0 Å². The number of rotatable bonds is 1. The number of fused-ring (bicyclic) bond motifs is 4. The lowest BCUT2D eigenvalue weighted by molar-refractivity contribution is 0.651. The lowest BCUT2D eigenvalue weighted by Crippen LogP contribution is -2.16. The summed E-state index contributed by atoms with van der Waals surface area (Å²) < 4.78 is 0. The zero-order valence-corrected chi connectivity index (χ0v) is 14.8. The highest BCUT2D eigenvalue weighted by Crippen LogP contribution is 2.53. The molecule has 25 heavy (non-hydrogen) atoms. The van der Waals surface area contributed by atoms with E-state index in [4.69, 9.17) is 0 Å². The van der Waals surface area contributed by atoms with E-state index in [0.29, 0.717) is 5.92 Å². The predicted molar refractivity (Wildman–Crippen MR) is 107 cm³/mol. The van der Waals surface area contributed by atoms with Crippen LogP contribution in [-0.2, 0) is 5.41 Å². The van der Waals surface area contributed by atoms with Crippen LogP contribution in [0.1, 0.15) is 42.9 Å². The Hall–Kier alpha value is -2.60. The topological polar surface area (TPSA) is 0 Å². The van der Waals surface area contributed by atoms with Crippen molar-refractivity contribution in [3.63, 3.8) is 0 Å². The molecular formula is C25H22. The molecule has 0 nitrogen and oxygen atoms in total. The molecule has 0 saturated heterocycles. The summed E-state index contributed by atoms with van der Waals surface area (Å²) in [5.74, 6) is 0.451. The first-order valence-electron chi connectivity index (χ1n) is 9.16. The zero-order valence-electron chi connectivity index (χ0n) is 14.8.